The molecule has 1 aromatic carbocycles. The van der Waals surface area contributed by atoms with Crippen molar-refractivity contribution in [1.82, 2.24) is 0 Å². The van der Waals surface area contributed by atoms with Crippen molar-refractivity contribution < 1.29 is 9.13 Å². The van der Waals surface area contributed by atoms with Gasteiger partial charge in [-0.3, -0.25) is 4.99 Å². The molecule has 2 rings (SSSR count). The predicted octanol–water partition coefficient (Wildman–Crippen LogP) is 3.12. The summed E-state index contributed by atoms with van der Waals surface area (Å²) in [5.74, 6) is 0.673. The Morgan fingerprint density at radius 3 is 2.73 bits per heavy atom. The summed E-state index contributed by atoms with van der Waals surface area (Å²) >= 11 is 0. The van der Waals surface area contributed by atoms with E-state index in [9.17, 15) is 4.39 Å². The van der Waals surface area contributed by atoms with E-state index in [0.717, 1.165) is 11.4 Å². The fourth-order valence-electron chi connectivity index (χ4n) is 1.70. The number of rotatable bonds is 2. The lowest BCUT2D eigenvalue weighted by atomic mass is 10.0. The van der Waals surface area contributed by atoms with Crippen LogP contribution < -0.4 is 4.74 Å². The van der Waals surface area contributed by atoms with E-state index in [4.69, 9.17) is 4.74 Å². The van der Waals surface area contributed by atoms with Crippen LogP contribution >= 0.6 is 0 Å². The third kappa shape index (κ3) is 1.74. The highest BCUT2D eigenvalue weighted by molar-refractivity contribution is 5.95. The minimum atomic E-state index is -0.219. The van der Waals surface area contributed by atoms with Crippen LogP contribution in [0.25, 0.3) is 0 Å². The van der Waals surface area contributed by atoms with Crippen molar-refractivity contribution in [3.05, 3.63) is 23.5 Å². The van der Waals surface area contributed by atoms with Crippen LogP contribution in [0.15, 0.2) is 17.1 Å². The monoisotopic (exact) mass is 207 g/mol. The van der Waals surface area contributed by atoms with Crippen LogP contribution in [0.4, 0.5) is 10.1 Å². The van der Waals surface area contributed by atoms with E-state index in [1.165, 1.54) is 13.2 Å². The topological polar surface area (TPSA) is 21.6 Å². The van der Waals surface area contributed by atoms with Gasteiger partial charge in [0, 0.05) is 29.8 Å². The van der Waals surface area contributed by atoms with Crippen molar-refractivity contribution >= 4 is 11.4 Å². The van der Waals surface area contributed by atoms with Crippen LogP contribution in [0.1, 0.15) is 19.4 Å². The zero-order valence-corrected chi connectivity index (χ0v) is 9.17. The molecule has 1 heterocycles. The van der Waals surface area contributed by atoms with Gasteiger partial charge in [0.1, 0.15) is 11.6 Å². The molecule has 0 bridgehead atoms. The first-order chi connectivity index (χ1) is 7.11. The van der Waals surface area contributed by atoms with Crippen molar-refractivity contribution in [3.63, 3.8) is 0 Å². The summed E-state index contributed by atoms with van der Waals surface area (Å²) in [6.45, 7) is 4.14. The predicted molar refractivity (Wildman–Crippen MR) is 58.6 cm³/mol. The molecule has 1 aliphatic rings. The standard InChI is InChI=1S/C12H14FNO/c1-7(2)11-6-9-10(13)4-8(15-3)5-12(9)14-11/h4-5,7H,6H2,1-3H3. The molecule has 0 aromatic heterocycles. The Balaban J connectivity index is 2.43. The van der Waals surface area contributed by atoms with Gasteiger partial charge in [-0.2, -0.15) is 0 Å². The highest BCUT2D eigenvalue weighted by Crippen LogP contribution is 2.34. The molecule has 1 aliphatic heterocycles. The van der Waals surface area contributed by atoms with Gasteiger partial charge >= 0.3 is 0 Å². The van der Waals surface area contributed by atoms with E-state index in [-0.39, 0.29) is 5.82 Å². The molecule has 2 nitrogen and oxygen atoms in total. The van der Waals surface area contributed by atoms with Crippen molar-refractivity contribution in [2.45, 2.75) is 20.3 Å². The smallest absolute Gasteiger partial charge is 0.132 e. The zero-order valence-electron chi connectivity index (χ0n) is 9.17. The molecular formula is C12H14FNO. The second kappa shape index (κ2) is 3.65. The van der Waals surface area contributed by atoms with Gasteiger partial charge in [-0.1, -0.05) is 13.8 Å². The van der Waals surface area contributed by atoms with Crippen LogP contribution in [0.5, 0.6) is 5.75 Å². The molecule has 80 valence electrons. The Kier molecular flexibility index (Phi) is 2.47. The highest BCUT2D eigenvalue weighted by atomic mass is 19.1. The van der Waals surface area contributed by atoms with Gasteiger partial charge in [0.15, 0.2) is 0 Å². The van der Waals surface area contributed by atoms with Gasteiger partial charge in [0.2, 0.25) is 0 Å². The summed E-state index contributed by atoms with van der Waals surface area (Å²) in [5.41, 5.74) is 2.45. The fourth-order valence-corrected chi connectivity index (χ4v) is 1.70. The third-order valence-corrected chi connectivity index (χ3v) is 2.67. The molecule has 0 spiro atoms. The number of fused-ring (bicyclic) bond motifs is 1. The minimum absolute atomic E-state index is 0.219. The van der Waals surface area contributed by atoms with E-state index < -0.39 is 0 Å². The largest absolute Gasteiger partial charge is 0.497 e. The van der Waals surface area contributed by atoms with E-state index in [1.807, 2.05) is 0 Å². The molecule has 15 heavy (non-hydrogen) atoms. The number of ether oxygens (including phenoxy) is 1. The Morgan fingerprint density at radius 1 is 1.40 bits per heavy atom. The van der Waals surface area contributed by atoms with Crippen molar-refractivity contribution in [2.75, 3.05) is 7.11 Å². The minimum Gasteiger partial charge on any atom is -0.497 e. The Hall–Kier alpha value is -1.38. The highest BCUT2D eigenvalue weighted by Gasteiger charge is 2.21. The summed E-state index contributed by atoms with van der Waals surface area (Å²) in [5, 5.41) is 0. The van der Waals surface area contributed by atoms with E-state index in [1.54, 1.807) is 6.07 Å². The average molecular weight is 207 g/mol. The molecular weight excluding hydrogens is 193 g/mol. The first-order valence-electron chi connectivity index (χ1n) is 5.05. The van der Waals surface area contributed by atoms with Gasteiger partial charge in [-0.05, 0) is 5.92 Å². The molecule has 0 radical (unpaired) electrons. The number of methoxy groups -OCH3 is 1. The quantitative estimate of drug-likeness (QED) is 0.730. The lowest BCUT2D eigenvalue weighted by Gasteiger charge is -2.04. The molecule has 0 amide bonds. The number of hydrogen-bond acceptors (Lipinski definition) is 2. The first kappa shape index (κ1) is 10.1. The van der Waals surface area contributed by atoms with E-state index in [0.29, 0.717) is 23.7 Å². The van der Waals surface area contributed by atoms with Crippen molar-refractivity contribution in [3.8, 4) is 5.75 Å². The molecule has 0 atom stereocenters. The molecule has 0 fully saturated rings. The van der Waals surface area contributed by atoms with E-state index in [2.05, 4.69) is 18.8 Å². The molecule has 3 heteroatoms. The zero-order chi connectivity index (χ0) is 11.0. The van der Waals surface area contributed by atoms with Crippen LogP contribution in [0, 0.1) is 11.7 Å². The van der Waals surface area contributed by atoms with Crippen molar-refractivity contribution in [2.24, 2.45) is 10.9 Å². The Bertz CT molecular complexity index is 424. The maximum absolute atomic E-state index is 13.6. The number of nitrogens with zero attached hydrogens (tertiary/aromatic N) is 1. The molecule has 0 aliphatic carbocycles. The molecule has 0 saturated heterocycles. The van der Waals surface area contributed by atoms with Gasteiger partial charge in [-0.15, -0.1) is 0 Å². The first-order valence-corrected chi connectivity index (χ1v) is 5.05. The van der Waals surface area contributed by atoms with Crippen LogP contribution in [-0.4, -0.2) is 12.8 Å². The van der Waals surface area contributed by atoms with Gasteiger partial charge < -0.3 is 4.74 Å². The SMILES string of the molecule is COc1cc(F)c2c(c1)N=C(C(C)C)C2. The van der Waals surface area contributed by atoms with Gasteiger partial charge in [0.05, 0.1) is 12.8 Å². The van der Waals surface area contributed by atoms with Gasteiger partial charge in [0.25, 0.3) is 0 Å². The Morgan fingerprint density at radius 2 is 2.13 bits per heavy atom. The summed E-state index contributed by atoms with van der Waals surface area (Å²) in [4.78, 5) is 4.42. The number of benzene rings is 1. The molecule has 0 saturated carbocycles. The third-order valence-electron chi connectivity index (χ3n) is 2.67. The maximum Gasteiger partial charge on any atom is 0.132 e. The molecule has 0 N–H and O–H groups in total. The van der Waals surface area contributed by atoms with Crippen LogP contribution in [0.3, 0.4) is 0 Å². The number of hydrogen-bond donors (Lipinski definition) is 0. The second-order valence-electron chi connectivity index (χ2n) is 4.04. The van der Waals surface area contributed by atoms with Crippen LogP contribution in [-0.2, 0) is 6.42 Å². The summed E-state index contributed by atoms with van der Waals surface area (Å²) < 4.78 is 18.6. The summed E-state index contributed by atoms with van der Waals surface area (Å²) in [6, 6.07) is 3.20. The molecule has 0 unspecified atom stereocenters. The van der Waals surface area contributed by atoms with Crippen LogP contribution in [0.2, 0.25) is 0 Å². The maximum atomic E-state index is 13.6. The Labute approximate surface area is 88.8 Å². The fraction of sp³-hybridized carbons (Fsp3) is 0.417. The van der Waals surface area contributed by atoms with E-state index >= 15 is 0 Å². The number of aliphatic imine (C=N–C) groups is 1. The second-order valence-corrected chi connectivity index (χ2v) is 4.04. The average Bonchev–Trinajstić information content (AvgIpc) is 2.61. The lowest BCUT2D eigenvalue weighted by Crippen LogP contribution is -2.07. The lowest BCUT2D eigenvalue weighted by molar-refractivity contribution is 0.411. The number of halogens is 1. The van der Waals surface area contributed by atoms with Gasteiger partial charge in [-0.25, -0.2) is 4.39 Å². The normalized spacial score (nSPS) is 14.1. The van der Waals surface area contributed by atoms with Crippen molar-refractivity contribution in [1.29, 1.82) is 0 Å². The molecule has 1 aromatic rings. The summed E-state index contributed by atoms with van der Waals surface area (Å²) in [7, 11) is 1.53. The summed E-state index contributed by atoms with van der Waals surface area (Å²) in [6.07, 6.45) is 0.628.